The number of aromatic nitrogens is 1. The van der Waals surface area contributed by atoms with E-state index < -0.39 is 27.0 Å². The molecule has 0 fully saturated rings. The van der Waals surface area contributed by atoms with E-state index in [1.165, 1.54) is 18.3 Å². The van der Waals surface area contributed by atoms with Gasteiger partial charge in [0, 0.05) is 23.2 Å². The summed E-state index contributed by atoms with van der Waals surface area (Å²) in [5, 5.41) is 2.13. The minimum absolute atomic E-state index is 0.0949. The van der Waals surface area contributed by atoms with Gasteiger partial charge in [0.05, 0.1) is 15.1 Å². The van der Waals surface area contributed by atoms with Crippen molar-refractivity contribution in [2.24, 2.45) is 5.73 Å². The number of hydrogen-bond acceptors (Lipinski definition) is 6. The first-order chi connectivity index (χ1) is 13.2. The fraction of sp³-hybridized carbons (Fsp3) is 0.0625. The van der Waals surface area contributed by atoms with Crippen LogP contribution in [0.2, 0.25) is 15.1 Å². The summed E-state index contributed by atoms with van der Waals surface area (Å²) in [6.07, 6.45) is 0.371. The van der Waals surface area contributed by atoms with Crippen LogP contribution >= 0.6 is 46.1 Å². The number of nitrogens with zero attached hydrogens (tertiary/aromatic N) is 1. The van der Waals surface area contributed by atoms with E-state index in [0.717, 1.165) is 23.5 Å². The Kier molecular flexibility index (Phi) is 6.33. The van der Waals surface area contributed by atoms with Gasteiger partial charge in [0.15, 0.2) is 11.4 Å². The van der Waals surface area contributed by atoms with Crippen LogP contribution in [0.1, 0.15) is 11.8 Å². The van der Waals surface area contributed by atoms with Crippen LogP contribution < -0.4 is 15.2 Å². The second-order valence-electron chi connectivity index (χ2n) is 5.37. The van der Waals surface area contributed by atoms with Crippen LogP contribution in [0.4, 0.5) is 9.52 Å². The third-order valence-corrected chi connectivity index (χ3v) is 6.66. The zero-order valence-electron chi connectivity index (χ0n) is 13.7. The first-order valence-electron chi connectivity index (χ1n) is 7.46. The molecule has 1 heterocycles. The van der Waals surface area contributed by atoms with E-state index in [4.69, 9.17) is 45.3 Å². The SMILES string of the molecule is N[C@H](Oc1cc(F)c(S(=O)(=O)Nc2nccs2)cc1Cl)c1ccc(Cl)c(Cl)c1. The number of rotatable bonds is 6. The molecule has 0 bridgehead atoms. The molecule has 0 saturated carbocycles. The summed E-state index contributed by atoms with van der Waals surface area (Å²) in [5.41, 5.74) is 6.40. The highest BCUT2D eigenvalue weighted by Gasteiger charge is 2.24. The standard InChI is InChI=1S/C16H11Cl3FN3O3S2/c17-9-2-1-8(5-10(9)18)15(21)26-13-7-12(20)14(6-11(13)19)28(24,25)23-16-22-3-4-27-16/h1-7,15H,21H2,(H,22,23)/t15-/m1/s1. The number of anilines is 1. The summed E-state index contributed by atoms with van der Waals surface area (Å²) < 4.78 is 46.8. The molecule has 0 aliphatic carbocycles. The van der Waals surface area contributed by atoms with Gasteiger partial charge in [0.25, 0.3) is 10.0 Å². The van der Waals surface area contributed by atoms with Crippen molar-refractivity contribution in [1.29, 1.82) is 0 Å². The number of benzene rings is 2. The lowest BCUT2D eigenvalue weighted by Gasteiger charge is -2.17. The summed E-state index contributed by atoms with van der Waals surface area (Å²) in [6.45, 7) is 0. The number of ether oxygens (including phenoxy) is 1. The maximum absolute atomic E-state index is 14.5. The summed E-state index contributed by atoms with van der Waals surface area (Å²) in [7, 11) is -4.22. The van der Waals surface area contributed by atoms with Gasteiger partial charge >= 0.3 is 0 Å². The van der Waals surface area contributed by atoms with Gasteiger partial charge in [-0.15, -0.1) is 11.3 Å². The Morgan fingerprint density at radius 2 is 1.89 bits per heavy atom. The molecular weight excluding hydrogens is 472 g/mol. The molecule has 0 saturated heterocycles. The number of nitrogens with one attached hydrogen (secondary N) is 1. The number of sulfonamides is 1. The molecule has 6 nitrogen and oxygen atoms in total. The van der Waals surface area contributed by atoms with Gasteiger partial charge in [0.1, 0.15) is 16.5 Å². The Bertz CT molecular complexity index is 1110. The van der Waals surface area contributed by atoms with Crippen LogP contribution in [0.15, 0.2) is 46.8 Å². The molecule has 1 aromatic heterocycles. The topological polar surface area (TPSA) is 94.3 Å². The Labute approximate surface area is 179 Å². The smallest absolute Gasteiger partial charge is 0.266 e. The van der Waals surface area contributed by atoms with Crippen molar-refractivity contribution < 1.29 is 17.5 Å². The number of nitrogens with two attached hydrogens (primary N) is 1. The van der Waals surface area contributed by atoms with Gasteiger partial charge in [0.2, 0.25) is 0 Å². The molecule has 0 unspecified atom stereocenters. The lowest BCUT2D eigenvalue weighted by atomic mass is 10.2. The van der Waals surface area contributed by atoms with Gasteiger partial charge in [-0.2, -0.15) is 0 Å². The van der Waals surface area contributed by atoms with Gasteiger partial charge in [-0.25, -0.2) is 17.8 Å². The Balaban J connectivity index is 1.86. The van der Waals surface area contributed by atoms with E-state index in [0.29, 0.717) is 10.6 Å². The normalized spacial score (nSPS) is 12.6. The second kappa shape index (κ2) is 8.40. The van der Waals surface area contributed by atoms with E-state index in [1.807, 2.05) is 0 Å². The van der Waals surface area contributed by atoms with Crippen LogP contribution in [0.25, 0.3) is 0 Å². The molecule has 1 atom stereocenters. The van der Waals surface area contributed by atoms with Crippen molar-refractivity contribution in [3.63, 3.8) is 0 Å². The fourth-order valence-electron chi connectivity index (χ4n) is 2.14. The van der Waals surface area contributed by atoms with Gasteiger partial charge in [-0.1, -0.05) is 40.9 Å². The highest BCUT2D eigenvalue weighted by molar-refractivity contribution is 7.93. The van der Waals surface area contributed by atoms with E-state index in [1.54, 1.807) is 11.4 Å². The fourth-order valence-corrected chi connectivity index (χ4v) is 4.60. The molecule has 2 aromatic carbocycles. The van der Waals surface area contributed by atoms with Crippen LogP contribution in [0.5, 0.6) is 5.75 Å². The highest BCUT2D eigenvalue weighted by atomic mass is 35.5. The van der Waals surface area contributed by atoms with Crippen molar-refractivity contribution in [3.05, 3.63) is 68.4 Å². The molecule has 0 spiro atoms. The molecule has 0 radical (unpaired) electrons. The van der Waals surface area contributed by atoms with Crippen molar-refractivity contribution in [2.45, 2.75) is 11.1 Å². The molecular formula is C16H11Cl3FN3O3S2. The van der Waals surface area contributed by atoms with Crippen LogP contribution in [-0.4, -0.2) is 13.4 Å². The average molecular weight is 483 g/mol. The molecule has 0 amide bonds. The lowest BCUT2D eigenvalue weighted by Crippen LogP contribution is -2.18. The van der Waals surface area contributed by atoms with Crippen molar-refractivity contribution in [3.8, 4) is 5.75 Å². The summed E-state index contributed by atoms with van der Waals surface area (Å²) >= 11 is 18.9. The maximum atomic E-state index is 14.5. The minimum atomic E-state index is -4.22. The Hall–Kier alpha value is -1.62. The molecule has 0 aliphatic heterocycles. The number of hydrogen-bond donors (Lipinski definition) is 2. The van der Waals surface area contributed by atoms with Gasteiger partial charge < -0.3 is 4.74 Å². The molecule has 28 heavy (non-hydrogen) atoms. The lowest BCUT2D eigenvalue weighted by molar-refractivity contribution is 0.213. The van der Waals surface area contributed by atoms with E-state index >= 15 is 0 Å². The minimum Gasteiger partial charge on any atom is -0.470 e. The second-order valence-corrected chi connectivity index (χ2v) is 9.13. The van der Waals surface area contributed by atoms with Crippen molar-refractivity contribution in [2.75, 3.05) is 4.72 Å². The van der Waals surface area contributed by atoms with Gasteiger partial charge in [-0.05, 0) is 18.2 Å². The molecule has 3 rings (SSSR count). The van der Waals surface area contributed by atoms with Crippen LogP contribution in [-0.2, 0) is 10.0 Å². The van der Waals surface area contributed by atoms with Crippen LogP contribution in [0, 0.1) is 5.82 Å². The zero-order valence-corrected chi connectivity index (χ0v) is 17.6. The predicted molar refractivity (Wildman–Crippen MR) is 108 cm³/mol. The number of thiazole rings is 1. The monoisotopic (exact) mass is 481 g/mol. The van der Waals surface area contributed by atoms with E-state index in [2.05, 4.69) is 9.71 Å². The molecule has 3 N–H and O–H groups in total. The predicted octanol–water partition coefficient (Wildman–Crippen LogP) is 5.08. The number of halogens is 4. The summed E-state index contributed by atoms with van der Waals surface area (Å²) in [4.78, 5) is 3.14. The van der Waals surface area contributed by atoms with Crippen molar-refractivity contribution >= 4 is 61.3 Å². The average Bonchev–Trinajstić information content (AvgIpc) is 3.12. The van der Waals surface area contributed by atoms with Gasteiger partial charge in [-0.3, -0.25) is 10.5 Å². The highest BCUT2D eigenvalue weighted by Crippen LogP contribution is 2.34. The van der Waals surface area contributed by atoms with Crippen LogP contribution in [0.3, 0.4) is 0 Å². The summed E-state index contributed by atoms with van der Waals surface area (Å²) in [5.74, 6) is -1.20. The molecule has 148 valence electrons. The third-order valence-electron chi connectivity index (χ3n) is 3.46. The quantitative estimate of drug-likeness (QED) is 0.478. The zero-order chi connectivity index (χ0) is 20.5. The third kappa shape index (κ3) is 4.68. The Morgan fingerprint density at radius 3 is 2.54 bits per heavy atom. The maximum Gasteiger partial charge on any atom is 0.266 e. The molecule has 12 heteroatoms. The van der Waals surface area contributed by atoms with E-state index in [-0.39, 0.29) is 20.9 Å². The first kappa shape index (κ1) is 21.1. The first-order valence-corrected chi connectivity index (χ1v) is 11.0. The van der Waals surface area contributed by atoms with Crippen molar-refractivity contribution in [1.82, 2.24) is 4.98 Å². The summed E-state index contributed by atoms with van der Waals surface area (Å²) in [6, 6.07) is 6.39. The molecule has 3 aromatic rings. The largest absolute Gasteiger partial charge is 0.470 e. The van der Waals surface area contributed by atoms with E-state index in [9.17, 15) is 12.8 Å². The molecule has 0 aliphatic rings. The Morgan fingerprint density at radius 1 is 1.14 bits per heavy atom.